The highest BCUT2D eigenvalue weighted by Crippen LogP contribution is 2.16. The van der Waals surface area contributed by atoms with Gasteiger partial charge in [0.1, 0.15) is 0 Å². The molecule has 0 spiro atoms. The third kappa shape index (κ3) is 7.84. The smallest absolute Gasteiger partial charge is 0.193 e. The van der Waals surface area contributed by atoms with Crippen molar-refractivity contribution >= 4 is 29.9 Å². The van der Waals surface area contributed by atoms with Crippen molar-refractivity contribution in [1.29, 1.82) is 0 Å². The Kier molecular flexibility index (Phi) is 12.0. The van der Waals surface area contributed by atoms with E-state index in [0.29, 0.717) is 12.0 Å². The number of likely N-dealkylation sites (tertiary alicyclic amines) is 1. The summed E-state index contributed by atoms with van der Waals surface area (Å²) < 4.78 is 16.8. The highest BCUT2D eigenvalue weighted by molar-refractivity contribution is 14.0. The first-order valence-corrected chi connectivity index (χ1v) is 9.06. The molecule has 0 amide bonds. The monoisotopic (exact) mass is 455 g/mol. The van der Waals surface area contributed by atoms with Crippen molar-refractivity contribution in [3.63, 3.8) is 0 Å². The first-order chi connectivity index (χ1) is 11.3. The van der Waals surface area contributed by atoms with Gasteiger partial charge in [-0.2, -0.15) is 0 Å². The number of hydrogen-bond acceptors (Lipinski definition) is 4. The van der Waals surface area contributed by atoms with Crippen molar-refractivity contribution in [3.8, 4) is 0 Å². The Balaban J connectivity index is 0.00000288. The molecule has 1 atom stereocenters. The molecule has 2 aliphatic rings. The third-order valence-electron chi connectivity index (χ3n) is 4.48. The number of nitrogens with zero attached hydrogens (tertiary/aromatic N) is 2. The third-order valence-corrected chi connectivity index (χ3v) is 4.48. The number of hydrogen-bond donors (Lipinski definition) is 1. The molecule has 2 aliphatic heterocycles. The van der Waals surface area contributed by atoms with Crippen LogP contribution in [0.4, 0.5) is 0 Å². The predicted molar refractivity (Wildman–Crippen MR) is 107 cm³/mol. The van der Waals surface area contributed by atoms with Crippen LogP contribution >= 0.6 is 24.0 Å². The highest BCUT2D eigenvalue weighted by atomic mass is 127. The summed E-state index contributed by atoms with van der Waals surface area (Å²) in [5.74, 6) is 1.64. The van der Waals surface area contributed by atoms with E-state index in [1.165, 1.54) is 6.42 Å². The minimum atomic E-state index is 0. The SMILES string of the molecule is CCOCC1CCN(C(=NC)NCCCOC2CCOCC2)C1.I. The largest absolute Gasteiger partial charge is 0.381 e. The fourth-order valence-corrected chi connectivity index (χ4v) is 3.14. The topological polar surface area (TPSA) is 55.3 Å². The molecule has 2 fully saturated rings. The van der Waals surface area contributed by atoms with Crippen LogP contribution < -0.4 is 5.32 Å². The zero-order valence-corrected chi connectivity index (χ0v) is 17.5. The molecule has 6 nitrogen and oxygen atoms in total. The molecule has 7 heteroatoms. The molecule has 0 saturated carbocycles. The lowest BCUT2D eigenvalue weighted by Gasteiger charge is -2.23. The summed E-state index contributed by atoms with van der Waals surface area (Å²) in [6, 6.07) is 0. The van der Waals surface area contributed by atoms with Crippen molar-refractivity contribution in [3.05, 3.63) is 0 Å². The van der Waals surface area contributed by atoms with E-state index in [1.807, 2.05) is 7.05 Å². The second-order valence-electron chi connectivity index (χ2n) is 6.27. The van der Waals surface area contributed by atoms with E-state index >= 15 is 0 Å². The molecule has 0 aliphatic carbocycles. The summed E-state index contributed by atoms with van der Waals surface area (Å²) in [6.45, 7) is 9.22. The molecule has 1 unspecified atom stereocenters. The average Bonchev–Trinajstić information content (AvgIpc) is 3.06. The van der Waals surface area contributed by atoms with Crippen LogP contribution in [0.5, 0.6) is 0 Å². The molecule has 2 rings (SSSR count). The van der Waals surface area contributed by atoms with Gasteiger partial charge >= 0.3 is 0 Å². The van der Waals surface area contributed by atoms with Gasteiger partial charge in [0.15, 0.2) is 5.96 Å². The number of rotatable bonds is 8. The minimum Gasteiger partial charge on any atom is -0.381 e. The summed E-state index contributed by atoms with van der Waals surface area (Å²) in [5.41, 5.74) is 0. The standard InChI is InChI=1S/C17H33N3O3.HI/c1-3-21-14-15-5-9-20(13-15)17(18-2)19-8-4-10-23-16-6-11-22-12-7-16;/h15-16H,3-14H2,1-2H3,(H,18,19);1H. The van der Waals surface area contributed by atoms with E-state index in [2.05, 4.69) is 22.1 Å². The van der Waals surface area contributed by atoms with Gasteiger partial charge in [-0.3, -0.25) is 4.99 Å². The van der Waals surface area contributed by atoms with Crippen LogP contribution in [0, 0.1) is 5.92 Å². The second-order valence-corrected chi connectivity index (χ2v) is 6.27. The number of halogens is 1. The molecule has 0 aromatic rings. The Labute approximate surface area is 163 Å². The maximum Gasteiger partial charge on any atom is 0.193 e. The molecule has 0 aromatic carbocycles. The zero-order chi connectivity index (χ0) is 16.3. The van der Waals surface area contributed by atoms with Gasteiger partial charge in [-0.25, -0.2) is 0 Å². The van der Waals surface area contributed by atoms with Crippen LogP contribution in [0.25, 0.3) is 0 Å². The van der Waals surface area contributed by atoms with Gasteiger partial charge in [-0.05, 0) is 32.6 Å². The summed E-state index contributed by atoms with van der Waals surface area (Å²) in [6.07, 6.45) is 4.65. The second kappa shape index (κ2) is 13.1. The molecule has 0 radical (unpaired) electrons. The van der Waals surface area contributed by atoms with Crippen molar-refractivity contribution in [1.82, 2.24) is 10.2 Å². The van der Waals surface area contributed by atoms with Crippen LogP contribution in [0.1, 0.15) is 32.6 Å². The molecule has 2 heterocycles. The summed E-state index contributed by atoms with van der Waals surface area (Å²) in [5, 5.41) is 3.46. The molecule has 24 heavy (non-hydrogen) atoms. The van der Waals surface area contributed by atoms with Gasteiger partial charge in [-0.15, -0.1) is 24.0 Å². The number of guanidine groups is 1. The van der Waals surface area contributed by atoms with Crippen LogP contribution in [-0.4, -0.2) is 76.7 Å². The summed E-state index contributed by atoms with van der Waals surface area (Å²) in [4.78, 5) is 6.74. The summed E-state index contributed by atoms with van der Waals surface area (Å²) in [7, 11) is 1.86. The summed E-state index contributed by atoms with van der Waals surface area (Å²) >= 11 is 0. The van der Waals surface area contributed by atoms with E-state index in [0.717, 1.165) is 77.9 Å². The van der Waals surface area contributed by atoms with Gasteiger partial charge in [-0.1, -0.05) is 0 Å². The van der Waals surface area contributed by atoms with E-state index in [9.17, 15) is 0 Å². The van der Waals surface area contributed by atoms with E-state index in [1.54, 1.807) is 0 Å². The lowest BCUT2D eigenvalue weighted by atomic mass is 10.1. The fourth-order valence-electron chi connectivity index (χ4n) is 3.14. The fraction of sp³-hybridized carbons (Fsp3) is 0.941. The van der Waals surface area contributed by atoms with E-state index < -0.39 is 0 Å². The molecule has 0 aromatic heterocycles. The van der Waals surface area contributed by atoms with Crippen LogP contribution in [-0.2, 0) is 14.2 Å². The highest BCUT2D eigenvalue weighted by Gasteiger charge is 2.24. The van der Waals surface area contributed by atoms with E-state index in [-0.39, 0.29) is 24.0 Å². The predicted octanol–water partition coefficient (Wildman–Crippen LogP) is 2.12. The van der Waals surface area contributed by atoms with Gasteiger partial charge in [0.25, 0.3) is 0 Å². The molecule has 2 saturated heterocycles. The van der Waals surface area contributed by atoms with Crippen molar-refractivity contribution in [2.75, 3.05) is 59.7 Å². The van der Waals surface area contributed by atoms with Crippen LogP contribution in [0.3, 0.4) is 0 Å². The zero-order valence-electron chi connectivity index (χ0n) is 15.2. The van der Waals surface area contributed by atoms with Crippen LogP contribution in [0.15, 0.2) is 4.99 Å². The Morgan fingerprint density at radius 1 is 1.29 bits per heavy atom. The Hall–Kier alpha value is -0.120. The average molecular weight is 455 g/mol. The lowest BCUT2D eigenvalue weighted by molar-refractivity contribution is -0.0320. The maximum absolute atomic E-state index is 5.90. The molecule has 1 N–H and O–H groups in total. The van der Waals surface area contributed by atoms with E-state index in [4.69, 9.17) is 14.2 Å². The van der Waals surface area contributed by atoms with Crippen molar-refractivity contribution in [2.45, 2.75) is 38.7 Å². The first kappa shape index (κ1) is 21.9. The maximum atomic E-state index is 5.90. The normalized spacial score (nSPS) is 22.5. The first-order valence-electron chi connectivity index (χ1n) is 9.06. The lowest BCUT2D eigenvalue weighted by Crippen LogP contribution is -2.41. The quantitative estimate of drug-likeness (QED) is 0.263. The van der Waals surface area contributed by atoms with Gasteiger partial charge in [0.2, 0.25) is 0 Å². The molecular weight excluding hydrogens is 421 g/mol. The Morgan fingerprint density at radius 2 is 2.08 bits per heavy atom. The van der Waals surface area contributed by atoms with Gasteiger partial charge in [0.05, 0.1) is 12.7 Å². The number of nitrogens with one attached hydrogen (secondary N) is 1. The van der Waals surface area contributed by atoms with Gasteiger partial charge < -0.3 is 24.4 Å². The number of ether oxygens (including phenoxy) is 3. The van der Waals surface area contributed by atoms with Crippen molar-refractivity contribution < 1.29 is 14.2 Å². The minimum absolute atomic E-state index is 0. The van der Waals surface area contributed by atoms with Gasteiger partial charge in [0, 0.05) is 59.0 Å². The molecular formula is C17H34IN3O3. The van der Waals surface area contributed by atoms with Crippen molar-refractivity contribution in [2.24, 2.45) is 10.9 Å². The number of aliphatic imine (C=N–C) groups is 1. The Morgan fingerprint density at radius 3 is 2.79 bits per heavy atom. The molecule has 0 bridgehead atoms. The molecule has 142 valence electrons. The van der Waals surface area contributed by atoms with Crippen LogP contribution in [0.2, 0.25) is 0 Å². The Bertz CT molecular complexity index is 352.